The maximum Gasteiger partial charge on any atom is 0.253 e. The fourth-order valence-electron chi connectivity index (χ4n) is 5.04. The average molecular weight is 533 g/mol. The Labute approximate surface area is 233 Å². The first-order valence-corrected chi connectivity index (χ1v) is 14.3. The van der Waals surface area contributed by atoms with Gasteiger partial charge in [-0.05, 0) is 55.5 Å². The highest BCUT2D eigenvalue weighted by atomic mass is 16.5. The molecule has 1 heterocycles. The number of carbonyl (C=O) groups is 2. The minimum Gasteiger partial charge on any atom is -0.496 e. The molecular formula is C32H44N4O3. The summed E-state index contributed by atoms with van der Waals surface area (Å²) < 4.78 is 5.77. The predicted octanol–water partition coefficient (Wildman–Crippen LogP) is 6.44. The molecule has 0 spiro atoms. The van der Waals surface area contributed by atoms with Crippen molar-refractivity contribution in [3.05, 3.63) is 53.1 Å². The van der Waals surface area contributed by atoms with E-state index in [0.29, 0.717) is 30.0 Å². The van der Waals surface area contributed by atoms with Gasteiger partial charge in [0.1, 0.15) is 11.6 Å². The lowest BCUT2D eigenvalue weighted by Gasteiger charge is -2.22. The van der Waals surface area contributed by atoms with Crippen LogP contribution in [0.2, 0.25) is 0 Å². The molecule has 2 amide bonds. The number of amides is 2. The van der Waals surface area contributed by atoms with Crippen LogP contribution in [0.5, 0.6) is 5.75 Å². The van der Waals surface area contributed by atoms with Crippen LogP contribution in [0, 0.1) is 0 Å². The molecule has 0 radical (unpaired) electrons. The molecule has 3 rings (SSSR count). The number of rotatable bonds is 13. The zero-order chi connectivity index (χ0) is 28.4. The first kappa shape index (κ1) is 29.9. The van der Waals surface area contributed by atoms with Gasteiger partial charge in [-0.1, -0.05) is 51.5 Å². The third-order valence-corrected chi connectivity index (χ3v) is 6.82. The fourth-order valence-corrected chi connectivity index (χ4v) is 5.04. The molecule has 7 heteroatoms. The van der Waals surface area contributed by atoms with Gasteiger partial charge in [0.15, 0.2) is 0 Å². The second kappa shape index (κ2) is 14.5. The van der Waals surface area contributed by atoms with Crippen LogP contribution in [0.1, 0.15) is 82.1 Å². The molecule has 2 aromatic rings. The van der Waals surface area contributed by atoms with Crippen LogP contribution in [-0.4, -0.2) is 60.7 Å². The van der Waals surface area contributed by atoms with Crippen molar-refractivity contribution < 1.29 is 14.3 Å². The van der Waals surface area contributed by atoms with E-state index in [2.05, 4.69) is 32.7 Å². The second-order valence-electron chi connectivity index (χ2n) is 10.1. The van der Waals surface area contributed by atoms with Crippen LogP contribution in [0.4, 0.5) is 5.69 Å². The molecule has 2 N–H and O–H groups in total. The molecule has 1 aliphatic rings. The van der Waals surface area contributed by atoms with E-state index < -0.39 is 0 Å². The lowest BCUT2D eigenvalue weighted by molar-refractivity contribution is -0.130. The maximum absolute atomic E-state index is 13.0. The van der Waals surface area contributed by atoms with Crippen molar-refractivity contribution >= 4 is 29.4 Å². The maximum atomic E-state index is 13.0. The van der Waals surface area contributed by atoms with Crippen molar-refractivity contribution in [3.63, 3.8) is 0 Å². The Morgan fingerprint density at radius 2 is 1.49 bits per heavy atom. The number of aliphatic imine (C=N–C) groups is 1. The second-order valence-corrected chi connectivity index (χ2v) is 10.1. The summed E-state index contributed by atoms with van der Waals surface area (Å²) in [5, 5.41) is 0. The Morgan fingerprint density at radius 1 is 0.897 bits per heavy atom. The summed E-state index contributed by atoms with van der Waals surface area (Å²) >= 11 is 0. The van der Waals surface area contributed by atoms with Gasteiger partial charge in [-0.15, -0.1) is 0 Å². The summed E-state index contributed by atoms with van der Waals surface area (Å²) in [6.07, 6.45) is 6.52. The molecule has 0 unspecified atom stereocenters. The van der Waals surface area contributed by atoms with Gasteiger partial charge in [-0.3, -0.25) is 9.59 Å². The topological polar surface area (TPSA) is 88.2 Å². The van der Waals surface area contributed by atoms with Gasteiger partial charge in [0.05, 0.1) is 12.8 Å². The van der Waals surface area contributed by atoms with Gasteiger partial charge in [0.25, 0.3) is 5.91 Å². The highest BCUT2D eigenvalue weighted by Crippen LogP contribution is 2.39. The van der Waals surface area contributed by atoms with Crippen molar-refractivity contribution in [1.29, 1.82) is 0 Å². The lowest BCUT2D eigenvalue weighted by atomic mass is 9.98. The Morgan fingerprint density at radius 3 is 2.05 bits per heavy atom. The van der Waals surface area contributed by atoms with Crippen LogP contribution < -0.4 is 10.5 Å². The van der Waals surface area contributed by atoms with E-state index in [4.69, 9.17) is 10.5 Å². The molecule has 0 aliphatic carbocycles. The summed E-state index contributed by atoms with van der Waals surface area (Å²) in [7, 11) is 1.65. The molecule has 1 aliphatic heterocycles. The molecule has 210 valence electrons. The summed E-state index contributed by atoms with van der Waals surface area (Å²) in [6.45, 7) is 11.4. The first-order valence-electron chi connectivity index (χ1n) is 14.3. The van der Waals surface area contributed by atoms with Crippen molar-refractivity contribution in [2.24, 2.45) is 10.7 Å². The van der Waals surface area contributed by atoms with Gasteiger partial charge < -0.3 is 20.3 Å². The first-order chi connectivity index (χ1) is 18.8. The molecule has 2 aromatic carbocycles. The SMILES string of the molecule is CCCN(CCC)C(=O)CC1=Cc2cc(OC)c(-c3ccc(C(=O)N(CCC)CCC)cc3)cc2N=C(N)C1. The number of ether oxygens (including phenoxy) is 1. The number of nitrogens with zero attached hydrogens (tertiary/aromatic N) is 3. The number of benzene rings is 2. The molecular weight excluding hydrogens is 488 g/mol. The molecule has 7 nitrogen and oxygen atoms in total. The Balaban J connectivity index is 1.92. The highest BCUT2D eigenvalue weighted by molar-refractivity contribution is 5.96. The smallest absolute Gasteiger partial charge is 0.253 e. The van der Waals surface area contributed by atoms with Crippen LogP contribution in [0.25, 0.3) is 17.2 Å². The van der Waals surface area contributed by atoms with Gasteiger partial charge in [0.2, 0.25) is 5.91 Å². The number of hydrogen-bond donors (Lipinski definition) is 1. The summed E-state index contributed by atoms with van der Waals surface area (Å²) in [5.74, 6) is 1.35. The van der Waals surface area contributed by atoms with E-state index in [-0.39, 0.29) is 11.8 Å². The third kappa shape index (κ3) is 7.71. The van der Waals surface area contributed by atoms with E-state index in [0.717, 1.165) is 79.8 Å². The predicted molar refractivity (Wildman–Crippen MR) is 161 cm³/mol. The molecule has 0 saturated carbocycles. The Hall–Kier alpha value is -3.61. The van der Waals surface area contributed by atoms with E-state index in [1.807, 2.05) is 52.3 Å². The van der Waals surface area contributed by atoms with E-state index in [9.17, 15) is 9.59 Å². The van der Waals surface area contributed by atoms with Crippen LogP contribution >= 0.6 is 0 Å². The molecule has 0 aromatic heterocycles. The zero-order valence-corrected chi connectivity index (χ0v) is 24.3. The summed E-state index contributed by atoms with van der Waals surface area (Å²) in [6, 6.07) is 11.6. The average Bonchev–Trinajstić information content (AvgIpc) is 3.08. The highest BCUT2D eigenvalue weighted by Gasteiger charge is 2.20. The van der Waals surface area contributed by atoms with E-state index in [1.54, 1.807) is 7.11 Å². The number of hydrogen-bond acceptors (Lipinski definition) is 5. The number of nitrogens with two attached hydrogens (primary N) is 1. The Bertz CT molecular complexity index is 1190. The van der Waals surface area contributed by atoms with Crippen LogP contribution in [-0.2, 0) is 4.79 Å². The van der Waals surface area contributed by atoms with Crippen molar-refractivity contribution in [1.82, 2.24) is 9.80 Å². The van der Waals surface area contributed by atoms with Gasteiger partial charge in [-0.25, -0.2) is 4.99 Å². The molecule has 0 atom stereocenters. The molecule has 0 bridgehead atoms. The number of methoxy groups -OCH3 is 1. The summed E-state index contributed by atoms with van der Waals surface area (Å²) in [4.78, 5) is 34.6. The van der Waals surface area contributed by atoms with Crippen molar-refractivity contribution in [2.75, 3.05) is 33.3 Å². The van der Waals surface area contributed by atoms with Crippen molar-refractivity contribution in [2.45, 2.75) is 66.2 Å². The van der Waals surface area contributed by atoms with E-state index in [1.165, 1.54) is 0 Å². The molecule has 0 fully saturated rings. The van der Waals surface area contributed by atoms with Crippen molar-refractivity contribution in [3.8, 4) is 16.9 Å². The van der Waals surface area contributed by atoms with E-state index >= 15 is 0 Å². The number of fused-ring (bicyclic) bond motifs is 1. The van der Waals surface area contributed by atoms with Gasteiger partial charge in [0, 0.05) is 55.7 Å². The quantitative estimate of drug-likeness (QED) is 0.322. The van der Waals surface area contributed by atoms with Crippen LogP contribution in [0.3, 0.4) is 0 Å². The number of carbonyl (C=O) groups excluding carboxylic acids is 2. The Kier molecular flexibility index (Phi) is 11.1. The lowest BCUT2D eigenvalue weighted by Crippen LogP contribution is -2.32. The zero-order valence-electron chi connectivity index (χ0n) is 24.3. The third-order valence-electron chi connectivity index (χ3n) is 6.82. The van der Waals surface area contributed by atoms with Gasteiger partial charge >= 0.3 is 0 Å². The van der Waals surface area contributed by atoms with Crippen LogP contribution in [0.15, 0.2) is 47.0 Å². The standard InChI is InChI=1S/C32H44N4O3/c1-6-14-35(15-7-2)31(37)20-23-18-26-21-29(39-5)27(22-28(26)34-30(33)19-23)24-10-12-25(13-11-24)32(38)36(16-8-3)17-9-4/h10-13,18,21-22H,6-9,14-17,19-20H2,1-5H3,(H2,33,34). The number of amidine groups is 1. The monoisotopic (exact) mass is 532 g/mol. The summed E-state index contributed by atoms with van der Waals surface area (Å²) in [5.41, 5.74) is 11.3. The molecule has 39 heavy (non-hydrogen) atoms. The largest absolute Gasteiger partial charge is 0.496 e. The van der Waals surface area contributed by atoms with Gasteiger partial charge in [-0.2, -0.15) is 0 Å². The minimum atomic E-state index is 0.0557. The minimum absolute atomic E-state index is 0.0557. The normalized spacial score (nSPS) is 12.6. The molecule has 0 saturated heterocycles. The fraction of sp³-hybridized carbons (Fsp3) is 0.469.